The predicted molar refractivity (Wildman–Crippen MR) is 161 cm³/mol. The lowest BCUT2D eigenvalue weighted by Gasteiger charge is -2.07. The topological polar surface area (TPSA) is 47.5 Å². The molecule has 5 aromatic carbocycles. The summed E-state index contributed by atoms with van der Waals surface area (Å²) in [6, 6.07) is 39.5. The van der Waals surface area contributed by atoms with Crippen molar-refractivity contribution in [1.82, 2.24) is 9.38 Å². The van der Waals surface area contributed by atoms with Crippen molar-refractivity contribution in [3.8, 4) is 28.2 Å². The first-order valence-corrected chi connectivity index (χ1v) is 13.6. The van der Waals surface area contributed by atoms with E-state index in [0.717, 1.165) is 83.1 Å². The van der Waals surface area contributed by atoms with Crippen molar-refractivity contribution in [2.24, 2.45) is 0 Å². The van der Waals surface area contributed by atoms with E-state index < -0.39 is 0 Å². The zero-order chi connectivity index (χ0) is 26.7. The highest BCUT2D eigenvalue weighted by Gasteiger charge is 2.24. The van der Waals surface area contributed by atoms with Gasteiger partial charge in [-0.1, -0.05) is 72.8 Å². The minimum absolute atomic E-state index is 0.800. The van der Waals surface area contributed by atoms with Gasteiger partial charge >= 0.3 is 0 Å². The van der Waals surface area contributed by atoms with Gasteiger partial charge in [0.1, 0.15) is 28.0 Å². The number of rotatable bonds is 3. The SMILES string of the molecule is [c-]1n2c3cccc4oc5ccc6oc7ccc(c2c7c6c5c43)[n+]1-c1cccc(-c2cccc(-c3ccccc3)c2)n1. The van der Waals surface area contributed by atoms with Crippen LogP contribution in [0, 0.1) is 6.33 Å². The van der Waals surface area contributed by atoms with E-state index in [2.05, 4.69) is 94.2 Å². The molecular formula is C36H19N3O2. The number of furan rings is 2. The summed E-state index contributed by atoms with van der Waals surface area (Å²) in [5, 5.41) is 4.34. The second-order valence-electron chi connectivity index (χ2n) is 10.6. The first kappa shape index (κ1) is 21.2. The highest BCUT2D eigenvalue weighted by atomic mass is 16.3. The normalized spacial score (nSPS) is 12.4. The molecule has 5 aromatic heterocycles. The van der Waals surface area contributed by atoms with Gasteiger partial charge in [0.2, 0.25) is 5.82 Å². The van der Waals surface area contributed by atoms with Crippen LogP contribution in [0.4, 0.5) is 0 Å². The molecule has 5 nitrogen and oxygen atoms in total. The maximum Gasteiger partial charge on any atom is 0.203 e. The molecule has 0 spiro atoms. The fourth-order valence-electron chi connectivity index (χ4n) is 6.56. The number of hydrogen-bond donors (Lipinski definition) is 0. The molecule has 0 unspecified atom stereocenters. The summed E-state index contributed by atoms with van der Waals surface area (Å²) in [5.41, 5.74) is 10.8. The highest BCUT2D eigenvalue weighted by molar-refractivity contribution is 6.33. The molecule has 10 rings (SSSR count). The number of nitrogens with zero attached hydrogens (tertiary/aromatic N) is 3. The van der Waals surface area contributed by atoms with Gasteiger partial charge in [-0.05, 0) is 53.6 Å². The molecule has 0 radical (unpaired) electrons. The Morgan fingerprint density at radius 3 is 2.12 bits per heavy atom. The van der Waals surface area contributed by atoms with Crippen LogP contribution in [-0.2, 0) is 0 Å². The molecule has 0 fully saturated rings. The molecule has 5 heterocycles. The van der Waals surface area contributed by atoms with E-state index in [9.17, 15) is 0 Å². The molecule has 0 bridgehead atoms. The van der Waals surface area contributed by atoms with Gasteiger partial charge in [-0.25, -0.2) is 0 Å². The largest absolute Gasteiger partial charge is 0.457 e. The summed E-state index contributed by atoms with van der Waals surface area (Å²) >= 11 is 0. The van der Waals surface area contributed by atoms with Crippen LogP contribution >= 0.6 is 0 Å². The van der Waals surface area contributed by atoms with Crippen molar-refractivity contribution in [3.63, 3.8) is 0 Å². The predicted octanol–water partition coefficient (Wildman–Crippen LogP) is 8.57. The van der Waals surface area contributed by atoms with Gasteiger partial charge in [0.05, 0.1) is 11.0 Å². The monoisotopic (exact) mass is 525 g/mol. The maximum atomic E-state index is 6.36. The van der Waals surface area contributed by atoms with Crippen LogP contribution in [-0.4, -0.2) is 9.38 Å². The Morgan fingerprint density at radius 2 is 1.24 bits per heavy atom. The quantitative estimate of drug-likeness (QED) is 0.171. The molecule has 41 heavy (non-hydrogen) atoms. The smallest absolute Gasteiger partial charge is 0.203 e. The summed E-state index contributed by atoms with van der Waals surface area (Å²) in [6.07, 6.45) is 3.66. The first-order valence-electron chi connectivity index (χ1n) is 13.6. The van der Waals surface area contributed by atoms with Gasteiger partial charge in [0.25, 0.3) is 0 Å². The third-order valence-electron chi connectivity index (χ3n) is 8.33. The van der Waals surface area contributed by atoms with Crippen molar-refractivity contribution in [2.45, 2.75) is 0 Å². The Hall–Kier alpha value is -5.68. The van der Waals surface area contributed by atoms with Crippen LogP contribution in [0.1, 0.15) is 0 Å². The van der Waals surface area contributed by atoms with Gasteiger partial charge in [0.15, 0.2) is 6.33 Å². The average molecular weight is 526 g/mol. The minimum atomic E-state index is 0.800. The Kier molecular flexibility index (Phi) is 3.87. The second kappa shape index (κ2) is 7.49. The van der Waals surface area contributed by atoms with Gasteiger partial charge < -0.3 is 13.2 Å². The lowest BCUT2D eigenvalue weighted by Crippen LogP contribution is -2.30. The summed E-state index contributed by atoms with van der Waals surface area (Å²) < 4.78 is 16.9. The van der Waals surface area contributed by atoms with Crippen LogP contribution in [0.2, 0.25) is 0 Å². The van der Waals surface area contributed by atoms with Crippen LogP contribution in [0.3, 0.4) is 0 Å². The van der Waals surface area contributed by atoms with Gasteiger partial charge in [-0.3, -0.25) is 4.57 Å². The number of pyridine rings is 1. The fraction of sp³-hybridized carbons (Fsp3) is 0. The number of benzene rings is 5. The third-order valence-corrected chi connectivity index (χ3v) is 8.33. The molecule has 190 valence electrons. The zero-order valence-electron chi connectivity index (χ0n) is 21.6. The molecule has 0 aliphatic heterocycles. The summed E-state index contributed by atoms with van der Waals surface area (Å²) in [7, 11) is 0. The lowest BCUT2D eigenvalue weighted by atomic mass is 10.0. The van der Waals surface area contributed by atoms with Crippen LogP contribution < -0.4 is 4.57 Å². The first-order chi connectivity index (χ1) is 20.3. The van der Waals surface area contributed by atoms with E-state index in [4.69, 9.17) is 13.8 Å². The zero-order valence-corrected chi connectivity index (χ0v) is 21.6. The third kappa shape index (κ3) is 2.74. The van der Waals surface area contributed by atoms with Crippen molar-refractivity contribution in [3.05, 3.63) is 122 Å². The molecule has 0 amide bonds. The van der Waals surface area contributed by atoms with Crippen LogP contribution in [0.25, 0.3) is 88.6 Å². The highest BCUT2D eigenvalue weighted by Crippen LogP contribution is 2.45. The van der Waals surface area contributed by atoms with Crippen molar-refractivity contribution >= 4 is 60.4 Å². The van der Waals surface area contributed by atoms with E-state index in [-0.39, 0.29) is 0 Å². The van der Waals surface area contributed by atoms with Crippen molar-refractivity contribution in [1.29, 1.82) is 0 Å². The van der Waals surface area contributed by atoms with Crippen molar-refractivity contribution < 1.29 is 13.4 Å². The molecule has 10 aromatic rings. The Morgan fingerprint density at radius 1 is 0.561 bits per heavy atom. The van der Waals surface area contributed by atoms with Crippen molar-refractivity contribution in [2.75, 3.05) is 0 Å². The molecule has 5 heteroatoms. The van der Waals surface area contributed by atoms with E-state index >= 15 is 0 Å². The molecule has 0 aliphatic rings. The Balaban J connectivity index is 1.26. The molecular weight excluding hydrogens is 506 g/mol. The van der Waals surface area contributed by atoms with E-state index in [1.165, 1.54) is 5.56 Å². The van der Waals surface area contributed by atoms with E-state index in [0.29, 0.717) is 0 Å². The Labute approximate surface area is 232 Å². The standard InChI is InChI=1S/C36H19N3O2/c1-2-7-21(8-3-1)22-9-4-10-23(19-22)24-11-5-14-31(37-24)38-20-39-25-12-6-13-27-32(25)33-28(40-27)17-18-29-34(33)35-30(41-29)16-15-26(38)36(35)39/h1-19H. The van der Waals surface area contributed by atoms with Gasteiger partial charge in [-0.2, -0.15) is 0 Å². The number of aromatic nitrogens is 3. The number of hydrogen-bond acceptors (Lipinski definition) is 3. The summed E-state index contributed by atoms with van der Waals surface area (Å²) in [6.45, 7) is 0. The van der Waals surface area contributed by atoms with E-state index in [1.807, 2.05) is 36.4 Å². The minimum Gasteiger partial charge on any atom is -0.457 e. The van der Waals surface area contributed by atoms with Crippen LogP contribution in [0.15, 0.2) is 124 Å². The number of fused-ring (bicyclic) bond motifs is 1. The van der Waals surface area contributed by atoms with E-state index in [1.54, 1.807) is 0 Å². The molecule has 0 atom stereocenters. The van der Waals surface area contributed by atoms with Gasteiger partial charge in [-0.15, -0.1) is 4.98 Å². The average Bonchev–Trinajstić information content (AvgIpc) is 3.70. The molecule has 0 saturated carbocycles. The molecule has 0 N–H and O–H groups in total. The second-order valence-corrected chi connectivity index (χ2v) is 10.6. The lowest BCUT2D eigenvalue weighted by molar-refractivity contribution is -0.576. The van der Waals surface area contributed by atoms with Crippen LogP contribution in [0.5, 0.6) is 0 Å². The maximum absolute atomic E-state index is 6.36. The summed E-state index contributed by atoms with van der Waals surface area (Å²) in [5.74, 6) is 0.800. The fourth-order valence-corrected chi connectivity index (χ4v) is 6.56. The Bertz CT molecular complexity index is 2590. The van der Waals surface area contributed by atoms with Gasteiger partial charge in [0, 0.05) is 32.6 Å². The summed E-state index contributed by atoms with van der Waals surface area (Å²) in [4.78, 5) is 5.15. The molecule has 0 saturated heterocycles. The molecule has 0 aliphatic carbocycles. The number of imidazole rings is 1.